The zero-order chi connectivity index (χ0) is 13.9. The Morgan fingerprint density at radius 2 is 1.76 bits per heavy atom. The molecule has 2 unspecified atom stereocenters. The lowest BCUT2D eigenvalue weighted by Crippen LogP contribution is -2.56. The Morgan fingerprint density at radius 1 is 1.10 bits per heavy atom. The highest BCUT2D eigenvalue weighted by molar-refractivity contribution is 7.99. The average molecular weight is 336 g/mol. The molecule has 0 aliphatic carbocycles. The predicted octanol–water partition coefficient (Wildman–Crippen LogP) is -0.0795. The molecule has 3 rings (SSSR count). The number of rotatable bonds is 2. The SMILES string of the molecule is Cl.O=C(C1CSCN1)N1CCN(C(=O)C2CCCO2)CC1. The van der Waals surface area contributed by atoms with E-state index in [9.17, 15) is 9.59 Å². The molecule has 0 aromatic rings. The number of hydrogen-bond donors (Lipinski definition) is 1. The number of carbonyl (C=O) groups is 2. The first-order valence-electron chi connectivity index (χ1n) is 7.26. The van der Waals surface area contributed by atoms with Crippen molar-refractivity contribution in [3.63, 3.8) is 0 Å². The van der Waals surface area contributed by atoms with E-state index in [0.29, 0.717) is 32.8 Å². The quantitative estimate of drug-likeness (QED) is 0.765. The third kappa shape index (κ3) is 3.83. The van der Waals surface area contributed by atoms with Gasteiger partial charge < -0.3 is 14.5 Å². The Bertz CT molecular complexity index is 343. The molecule has 0 aromatic heterocycles. The van der Waals surface area contributed by atoms with Crippen molar-refractivity contribution < 1.29 is 14.3 Å². The smallest absolute Gasteiger partial charge is 0.251 e. The summed E-state index contributed by atoms with van der Waals surface area (Å²) in [6, 6.07) is -0.0413. The van der Waals surface area contributed by atoms with E-state index in [-0.39, 0.29) is 36.4 Å². The van der Waals surface area contributed by atoms with Gasteiger partial charge in [0, 0.05) is 44.4 Å². The highest BCUT2D eigenvalue weighted by Gasteiger charge is 2.33. The molecule has 8 heteroatoms. The van der Waals surface area contributed by atoms with Gasteiger partial charge in [-0.1, -0.05) is 0 Å². The molecule has 3 heterocycles. The van der Waals surface area contributed by atoms with E-state index in [2.05, 4.69) is 5.32 Å². The average Bonchev–Trinajstić information content (AvgIpc) is 3.18. The van der Waals surface area contributed by atoms with Gasteiger partial charge in [0.1, 0.15) is 6.10 Å². The number of ether oxygens (including phenoxy) is 1. The normalized spacial score (nSPS) is 29.3. The first-order chi connectivity index (χ1) is 9.75. The number of hydrogen-bond acceptors (Lipinski definition) is 5. The maximum Gasteiger partial charge on any atom is 0.251 e. The van der Waals surface area contributed by atoms with Gasteiger partial charge in [0.05, 0.1) is 6.04 Å². The van der Waals surface area contributed by atoms with Gasteiger partial charge >= 0.3 is 0 Å². The van der Waals surface area contributed by atoms with Crippen LogP contribution in [0.3, 0.4) is 0 Å². The van der Waals surface area contributed by atoms with Gasteiger partial charge in [-0.3, -0.25) is 14.9 Å². The second kappa shape index (κ2) is 7.67. The summed E-state index contributed by atoms with van der Waals surface area (Å²) >= 11 is 1.76. The summed E-state index contributed by atoms with van der Waals surface area (Å²) in [4.78, 5) is 28.2. The molecule has 0 spiro atoms. The number of carbonyl (C=O) groups excluding carboxylic acids is 2. The van der Waals surface area contributed by atoms with Gasteiger partial charge in [-0.05, 0) is 12.8 Å². The minimum Gasteiger partial charge on any atom is -0.368 e. The number of nitrogens with one attached hydrogen (secondary N) is 1. The van der Waals surface area contributed by atoms with Crippen molar-refractivity contribution in [2.45, 2.75) is 25.0 Å². The maximum absolute atomic E-state index is 12.3. The van der Waals surface area contributed by atoms with Crippen LogP contribution in [0.5, 0.6) is 0 Å². The van der Waals surface area contributed by atoms with Crippen molar-refractivity contribution in [2.24, 2.45) is 0 Å². The fraction of sp³-hybridized carbons (Fsp3) is 0.846. The van der Waals surface area contributed by atoms with Crippen molar-refractivity contribution in [3.8, 4) is 0 Å². The Morgan fingerprint density at radius 3 is 2.29 bits per heavy atom. The summed E-state index contributed by atoms with van der Waals surface area (Å²) in [5.41, 5.74) is 0. The zero-order valence-corrected chi connectivity index (χ0v) is 13.6. The van der Waals surface area contributed by atoms with Crippen LogP contribution in [0.15, 0.2) is 0 Å². The Balaban J connectivity index is 0.00000161. The molecular formula is C13H22ClN3O3S. The van der Waals surface area contributed by atoms with E-state index in [1.807, 2.05) is 9.80 Å². The van der Waals surface area contributed by atoms with E-state index >= 15 is 0 Å². The van der Waals surface area contributed by atoms with Gasteiger partial charge in [-0.25, -0.2) is 0 Å². The van der Waals surface area contributed by atoms with Crippen molar-refractivity contribution in [1.29, 1.82) is 0 Å². The van der Waals surface area contributed by atoms with Crippen LogP contribution >= 0.6 is 24.2 Å². The zero-order valence-electron chi connectivity index (χ0n) is 12.0. The molecule has 120 valence electrons. The second-order valence-electron chi connectivity index (χ2n) is 5.42. The highest BCUT2D eigenvalue weighted by atomic mass is 35.5. The summed E-state index contributed by atoms with van der Waals surface area (Å²) in [7, 11) is 0. The molecule has 0 bridgehead atoms. The van der Waals surface area contributed by atoms with Gasteiger partial charge in [-0.15, -0.1) is 24.2 Å². The molecule has 3 saturated heterocycles. The minimum atomic E-state index is -0.245. The van der Waals surface area contributed by atoms with Crippen molar-refractivity contribution in [3.05, 3.63) is 0 Å². The van der Waals surface area contributed by atoms with Crippen molar-refractivity contribution in [1.82, 2.24) is 15.1 Å². The van der Waals surface area contributed by atoms with E-state index < -0.39 is 0 Å². The molecule has 6 nitrogen and oxygen atoms in total. The second-order valence-corrected chi connectivity index (χ2v) is 6.45. The number of halogens is 1. The first kappa shape index (κ1) is 16.9. The molecule has 3 aliphatic rings. The lowest BCUT2D eigenvalue weighted by atomic mass is 10.2. The fourth-order valence-corrected chi connectivity index (χ4v) is 3.83. The monoisotopic (exact) mass is 335 g/mol. The van der Waals surface area contributed by atoms with Crippen LogP contribution in [-0.2, 0) is 14.3 Å². The molecule has 0 saturated carbocycles. The lowest BCUT2D eigenvalue weighted by molar-refractivity contribution is -0.146. The van der Waals surface area contributed by atoms with Crippen LogP contribution in [0, 0.1) is 0 Å². The van der Waals surface area contributed by atoms with Crippen LogP contribution < -0.4 is 5.32 Å². The largest absolute Gasteiger partial charge is 0.368 e. The van der Waals surface area contributed by atoms with E-state index in [4.69, 9.17) is 4.74 Å². The Hall–Kier alpha value is -0.500. The molecule has 0 aromatic carbocycles. The molecule has 2 atom stereocenters. The van der Waals surface area contributed by atoms with Crippen LogP contribution in [0.25, 0.3) is 0 Å². The predicted molar refractivity (Wildman–Crippen MR) is 83.6 cm³/mol. The third-order valence-electron chi connectivity index (χ3n) is 4.12. The first-order valence-corrected chi connectivity index (χ1v) is 8.41. The maximum atomic E-state index is 12.3. The molecule has 3 aliphatic heterocycles. The number of piperazine rings is 1. The van der Waals surface area contributed by atoms with Crippen molar-refractivity contribution in [2.75, 3.05) is 44.4 Å². The topological polar surface area (TPSA) is 61.9 Å². The standard InChI is InChI=1S/C13H21N3O3S.ClH/c17-12(10-8-20-9-14-10)15-3-5-16(6-4-15)13(18)11-2-1-7-19-11;/h10-11,14H,1-9H2;1H. The Kier molecular flexibility index (Phi) is 6.16. The fourth-order valence-electron chi connectivity index (χ4n) is 2.90. The highest BCUT2D eigenvalue weighted by Crippen LogP contribution is 2.17. The van der Waals surface area contributed by atoms with Gasteiger partial charge in [-0.2, -0.15) is 0 Å². The van der Waals surface area contributed by atoms with Crippen LogP contribution in [-0.4, -0.2) is 78.2 Å². The number of thioether (sulfide) groups is 1. The van der Waals surface area contributed by atoms with Gasteiger partial charge in [0.2, 0.25) is 5.91 Å². The van der Waals surface area contributed by atoms with E-state index in [1.165, 1.54) is 0 Å². The van der Waals surface area contributed by atoms with E-state index in [1.54, 1.807) is 11.8 Å². The van der Waals surface area contributed by atoms with Crippen LogP contribution in [0.1, 0.15) is 12.8 Å². The third-order valence-corrected chi connectivity index (χ3v) is 5.06. The lowest BCUT2D eigenvalue weighted by Gasteiger charge is -2.36. The molecule has 21 heavy (non-hydrogen) atoms. The minimum absolute atomic E-state index is 0. The van der Waals surface area contributed by atoms with E-state index in [0.717, 1.165) is 24.5 Å². The van der Waals surface area contributed by atoms with Gasteiger partial charge in [0.15, 0.2) is 0 Å². The number of nitrogens with zero attached hydrogens (tertiary/aromatic N) is 2. The van der Waals surface area contributed by atoms with Crippen LogP contribution in [0.2, 0.25) is 0 Å². The number of amides is 2. The summed E-state index contributed by atoms with van der Waals surface area (Å²) in [5.74, 6) is 1.99. The summed E-state index contributed by atoms with van der Waals surface area (Å²) < 4.78 is 5.44. The van der Waals surface area contributed by atoms with Gasteiger partial charge in [0.25, 0.3) is 5.91 Å². The summed E-state index contributed by atoms with van der Waals surface area (Å²) in [5, 5.41) is 3.20. The molecule has 3 fully saturated rings. The molecule has 0 radical (unpaired) electrons. The summed E-state index contributed by atoms with van der Waals surface area (Å²) in [6.45, 7) is 3.23. The van der Waals surface area contributed by atoms with Crippen molar-refractivity contribution >= 4 is 36.0 Å². The Labute approximate surface area is 135 Å². The molecular weight excluding hydrogens is 314 g/mol. The molecule has 2 amide bonds. The summed E-state index contributed by atoms with van der Waals surface area (Å²) in [6.07, 6.45) is 1.56. The van der Waals surface area contributed by atoms with Crippen LogP contribution in [0.4, 0.5) is 0 Å². The molecule has 1 N–H and O–H groups in total.